The number of Topliss-reactive ketones (excluding diaryl/α,β-unsaturated/α-hetero) is 1. The van der Waals surface area contributed by atoms with E-state index >= 15 is 0 Å². The Labute approximate surface area is 260 Å². The molecule has 2 aliphatic rings. The Hall–Kier alpha value is -4.38. The standard InChI is InChI=1S/C33H36N2O8S/c1-6-9-14-42-24-13-10-20(17-25(24)40-7-2)27-26(28(36)21-11-12-23-22(16-21)15-18(4)43-23)29(37)31(38)35(27)33-34-19(5)30(44-33)32(39)41-8-3/h10-13,16-18,27,36H,6-9,14-15H2,1-5H3/b28-26+/t18-,27+/m1/s1. The molecule has 0 spiro atoms. The Balaban J connectivity index is 1.67. The largest absolute Gasteiger partial charge is 0.507 e. The number of ether oxygens (including phenoxy) is 4. The van der Waals surface area contributed by atoms with Gasteiger partial charge >= 0.3 is 11.9 Å². The van der Waals surface area contributed by atoms with E-state index in [-0.39, 0.29) is 34.1 Å². The number of unbranched alkanes of at least 4 members (excludes halogenated alkanes) is 1. The van der Waals surface area contributed by atoms with Crippen molar-refractivity contribution >= 4 is 39.9 Å². The number of amides is 1. The van der Waals surface area contributed by atoms with Crippen molar-refractivity contribution in [2.75, 3.05) is 24.7 Å². The lowest BCUT2D eigenvalue weighted by atomic mass is 9.94. The van der Waals surface area contributed by atoms with Gasteiger partial charge in [-0.15, -0.1) is 0 Å². The van der Waals surface area contributed by atoms with Gasteiger partial charge in [-0.3, -0.25) is 14.5 Å². The maximum absolute atomic E-state index is 13.7. The van der Waals surface area contributed by atoms with Gasteiger partial charge in [0.25, 0.3) is 5.78 Å². The molecule has 1 N–H and O–H groups in total. The molecule has 2 aromatic carbocycles. The lowest BCUT2D eigenvalue weighted by Crippen LogP contribution is -2.29. The molecular formula is C33H36N2O8S. The van der Waals surface area contributed by atoms with Crippen molar-refractivity contribution in [3.05, 3.63) is 69.2 Å². The third kappa shape index (κ3) is 5.88. The van der Waals surface area contributed by atoms with E-state index < -0.39 is 23.7 Å². The van der Waals surface area contributed by atoms with Gasteiger partial charge in [0.2, 0.25) is 0 Å². The van der Waals surface area contributed by atoms with Crippen LogP contribution in [0.1, 0.15) is 78.6 Å². The first kappa shape index (κ1) is 31.1. The zero-order chi connectivity index (χ0) is 31.5. The Kier molecular flexibility index (Phi) is 9.24. The number of anilines is 1. The van der Waals surface area contributed by atoms with Crippen molar-refractivity contribution in [3.63, 3.8) is 0 Å². The van der Waals surface area contributed by atoms with Gasteiger partial charge in [0, 0.05) is 12.0 Å². The summed E-state index contributed by atoms with van der Waals surface area (Å²) in [6.45, 7) is 10.3. The highest BCUT2D eigenvalue weighted by Crippen LogP contribution is 2.46. The van der Waals surface area contributed by atoms with E-state index in [1.807, 2.05) is 13.8 Å². The van der Waals surface area contributed by atoms with Crippen molar-refractivity contribution in [3.8, 4) is 17.2 Å². The van der Waals surface area contributed by atoms with Gasteiger partial charge in [-0.1, -0.05) is 30.7 Å². The molecule has 3 heterocycles. The molecule has 3 aromatic rings. The predicted molar refractivity (Wildman–Crippen MR) is 166 cm³/mol. The quantitative estimate of drug-likeness (QED) is 0.0883. The summed E-state index contributed by atoms with van der Waals surface area (Å²) in [5, 5.41) is 11.8. The van der Waals surface area contributed by atoms with Crippen molar-refractivity contribution in [1.82, 2.24) is 4.98 Å². The van der Waals surface area contributed by atoms with Crippen LogP contribution in [0.5, 0.6) is 17.2 Å². The zero-order valence-electron chi connectivity index (χ0n) is 25.5. The SMILES string of the molecule is CCCCOc1ccc([C@H]2/C(=C(\O)c3ccc4c(c3)C[C@@H](C)O4)C(=O)C(=O)N2c2nc(C)c(C(=O)OCC)s2)cc1OCC. The van der Waals surface area contributed by atoms with Crippen LogP contribution in [0.4, 0.5) is 5.13 Å². The molecular weight excluding hydrogens is 584 g/mol. The highest BCUT2D eigenvalue weighted by Gasteiger charge is 2.49. The number of thiazole rings is 1. The number of nitrogens with zero attached hydrogens (tertiary/aromatic N) is 2. The van der Waals surface area contributed by atoms with Crippen LogP contribution in [-0.4, -0.2) is 53.7 Å². The summed E-state index contributed by atoms with van der Waals surface area (Å²) < 4.78 is 22.8. The molecule has 0 bridgehead atoms. The van der Waals surface area contributed by atoms with Gasteiger partial charge in [0.1, 0.15) is 22.5 Å². The zero-order valence-corrected chi connectivity index (χ0v) is 26.3. The number of carbonyl (C=O) groups is 3. The van der Waals surface area contributed by atoms with Gasteiger partial charge in [-0.05, 0) is 75.6 Å². The molecule has 1 aromatic heterocycles. The maximum atomic E-state index is 13.7. The number of fused-ring (bicyclic) bond motifs is 1. The van der Waals surface area contributed by atoms with Crippen molar-refractivity contribution < 1.29 is 38.4 Å². The second kappa shape index (κ2) is 13.1. The first-order chi connectivity index (χ1) is 21.2. The number of hydrogen-bond donors (Lipinski definition) is 1. The molecule has 0 unspecified atom stereocenters. The van der Waals surface area contributed by atoms with Crippen LogP contribution in [0.3, 0.4) is 0 Å². The third-order valence-corrected chi connectivity index (χ3v) is 8.54. The highest BCUT2D eigenvalue weighted by atomic mass is 32.1. The summed E-state index contributed by atoms with van der Waals surface area (Å²) in [5.74, 6) is -0.941. The number of carbonyl (C=O) groups excluding carboxylic acids is 3. The number of esters is 1. The van der Waals surface area contributed by atoms with Crippen LogP contribution >= 0.6 is 11.3 Å². The van der Waals surface area contributed by atoms with Crippen LogP contribution in [0, 0.1) is 6.92 Å². The number of benzene rings is 2. The maximum Gasteiger partial charge on any atom is 0.350 e. The van der Waals surface area contributed by atoms with E-state index in [2.05, 4.69) is 11.9 Å². The van der Waals surface area contributed by atoms with Crippen molar-refractivity contribution in [2.24, 2.45) is 0 Å². The molecule has 11 heteroatoms. The van der Waals surface area contributed by atoms with E-state index in [0.29, 0.717) is 48.0 Å². The van der Waals surface area contributed by atoms with Crippen LogP contribution in [0.2, 0.25) is 0 Å². The molecule has 0 saturated carbocycles. The summed E-state index contributed by atoms with van der Waals surface area (Å²) in [6, 6.07) is 9.33. The molecule has 1 amide bonds. The average Bonchev–Trinajstić information content (AvgIpc) is 3.65. The fourth-order valence-electron chi connectivity index (χ4n) is 5.35. The molecule has 0 radical (unpaired) electrons. The number of rotatable bonds is 11. The van der Waals surface area contributed by atoms with Gasteiger partial charge in [0.05, 0.1) is 37.1 Å². The van der Waals surface area contributed by atoms with Gasteiger partial charge in [0.15, 0.2) is 16.6 Å². The van der Waals surface area contributed by atoms with Crippen molar-refractivity contribution in [1.29, 1.82) is 0 Å². The smallest absolute Gasteiger partial charge is 0.350 e. The molecule has 2 atom stereocenters. The van der Waals surface area contributed by atoms with Gasteiger partial charge in [-0.25, -0.2) is 9.78 Å². The Morgan fingerprint density at radius 1 is 1.09 bits per heavy atom. The summed E-state index contributed by atoms with van der Waals surface area (Å²) in [6.07, 6.45) is 2.47. The van der Waals surface area contributed by atoms with Crippen molar-refractivity contribution in [2.45, 2.75) is 66.0 Å². The first-order valence-electron chi connectivity index (χ1n) is 14.8. The second-order valence-corrected chi connectivity index (χ2v) is 11.6. The van der Waals surface area contributed by atoms with E-state index in [9.17, 15) is 19.5 Å². The normalized spacial score (nSPS) is 18.7. The Morgan fingerprint density at radius 3 is 2.61 bits per heavy atom. The third-order valence-electron chi connectivity index (χ3n) is 7.40. The minimum Gasteiger partial charge on any atom is -0.507 e. The lowest BCUT2D eigenvalue weighted by Gasteiger charge is -2.24. The van der Waals surface area contributed by atoms with Gasteiger partial charge in [-0.2, -0.15) is 0 Å². The summed E-state index contributed by atoms with van der Waals surface area (Å²) in [5.41, 5.74) is 2.05. The summed E-state index contributed by atoms with van der Waals surface area (Å²) >= 11 is 0.957. The van der Waals surface area contributed by atoms with Crippen LogP contribution < -0.4 is 19.1 Å². The number of aromatic nitrogens is 1. The lowest BCUT2D eigenvalue weighted by molar-refractivity contribution is -0.132. The summed E-state index contributed by atoms with van der Waals surface area (Å²) in [7, 11) is 0. The molecule has 1 fully saturated rings. The predicted octanol–water partition coefficient (Wildman–Crippen LogP) is 6.16. The van der Waals surface area contributed by atoms with E-state index in [1.165, 1.54) is 4.90 Å². The average molecular weight is 621 g/mol. The summed E-state index contributed by atoms with van der Waals surface area (Å²) in [4.78, 5) is 46.1. The second-order valence-electron chi connectivity index (χ2n) is 10.6. The minimum absolute atomic E-state index is 0.00948. The molecule has 44 heavy (non-hydrogen) atoms. The number of aliphatic hydroxyl groups excluding tert-OH is 1. The first-order valence-corrected chi connectivity index (χ1v) is 15.6. The van der Waals surface area contributed by atoms with Crippen LogP contribution in [-0.2, 0) is 20.7 Å². The Morgan fingerprint density at radius 2 is 1.89 bits per heavy atom. The molecule has 2 aliphatic heterocycles. The fourth-order valence-corrected chi connectivity index (χ4v) is 6.34. The number of ketones is 1. The molecule has 5 rings (SSSR count). The van der Waals surface area contributed by atoms with Crippen LogP contribution in [0.15, 0.2) is 42.0 Å². The van der Waals surface area contributed by atoms with E-state index in [1.54, 1.807) is 50.2 Å². The minimum atomic E-state index is -1.07. The van der Waals surface area contributed by atoms with Gasteiger partial charge < -0.3 is 24.1 Å². The molecule has 0 aliphatic carbocycles. The van der Waals surface area contributed by atoms with E-state index in [4.69, 9.17) is 18.9 Å². The molecule has 232 valence electrons. The fraction of sp³-hybridized carbons (Fsp3) is 0.394. The topological polar surface area (TPSA) is 124 Å². The highest BCUT2D eigenvalue weighted by molar-refractivity contribution is 7.17. The number of aryl methyl sites for hydroxylation is 1. The van der Waals surface area contributed by atoms with Crippen LogP contribution in [0.25, 0.3) is 5.76 Å². The Bertz CT molecular complexity index is 1630. The van der Waals surface area contributed by atoms with E-state index in [0.717, 1.165) is 35.5 Å². The molecule has 10 nitrogen and oxygen atoms in total. The number of aliphatic hydroxyl groups is 1. The number of hydrogen-bond acceptors (Lipinski definition) is 10. The molecule has 1 saturated heterocycles. The monoisotopic (exact) mass is 620 g/mol.